The number of nitrogen functional groups attached to an aromatic ring is 1. The standard InChI is InChI=1S/C19H18F2N4O3/c1-2-8-23-17(26)16-15(22)12-6-3-5-11(14(12)10-25(16)27)13-7-4-9-24-18(13)28-19(20)21/h3-7,9-10,19H,2,8,22H2,1H3,(H,23,26). The minimum Gasteiger partial charge on any atom is -0.618 e. The van der Waals surface area contributed by atoms with Gasteiger partial charge in [-0.2, -0.15) is 13.5 Å². The quantitative estimate of drug-likeness (QED) is 0.499. The molecule has 1 aromatic carbocycles. The smallest absolute Gasteiger partial charge is 0.388 e. The van der Waals surface area contributed by atoms with Gasteiger partial charge in [-0.25, -0.2) is 4.98 Å². The van der Waals surface area contributed by atoms with Crippen LogP contribution >= 0.6 is 0 Å². The van der Waals surface area contributed by atoms with Crippen molar-refractivity contribution in [2.24, 2.45) is 0 Å². The van der Waals surface area contributed by atoms with Crippen molar-refractivity contribution in [1.82, 2.24) is 10.3 Å². The highest BCUT2D eigenvalue weighted by atomic mass is 19.3. The predicted molar refractivity (Wildman–Crippen MR) is 99.8 cm³/mol. The highest BCUT2D eigenvalue weighted by Gasteiger charge is 2.24. The number of pyridine rings is 2. The Morgan fingerprint density at radius 2 is 2.04 bits per heavy atom. The first-order valence-corrected chi connectivity index (χ1v) is 8.56. The van der Waals surface area contributed by atoms with Crippen LogP contribution in [0, 0.1) is 5.21 Å². The Hall–Kier alpha value is -3.49. The third-order valence-electron chi connectivity index (χ3n) is 4.13. The number of alkyl halides is 2. The van der Waals surface area contributed by atoms with E-state index in [2.05, 4.69) is 15.0 Å². The lowest BCUT2D eigenvalue weighted by molar-refractivity contribution is -0.605. The Bertz CT molecular complexity index is 1030. The molecule has 2 heterocycles. The molecule has 2 aromatic heterocycles. The number of nitrogens with zero attached hydrogens (tertiary/aromatic N) is 2. The normalized spacial score (nSPS) is 11.0. The fraction of sp³-hybridized carbons (Fsp3) is 0.211. The molecule has 7 nitrogen and oxygen atoms in total. The molecule has 3 aromatic rings. The minimum atomic E-state index is -3.05. The molecule has 0 saturated heterocycles. The molecule has 0 atom stereocenters. The molecular weight excluding hydrogens is 370 g/mol. The van der Waals surface area contributed by atoms with E-state index in [-0.39, 0.29) is 22.8 Å². The van der Waals surface area contributed by atoms with Crippen LogP contribution in [0.3, 0.4) is 0 Å². The number of hydrogen-bond donors (Lipinski definition) is 2. The number of anilines is 1. The summed E-state index contributed by atoms with van der Waals surface area (Å²) in [6, 6.07) is 8.04. The largest absolute Gasteiger partial charge is 0.618 e. The maximum atomic E-state index is 12.7. The SMILES string of the molecule is CCCNC(=O)c1c(N)c2cccc(-c3cccnc3OC(F)F)c2c[n+]1[O-]. The predicted octanol–water partition coefficient (Wildman–Crippen LogP) is 2.86. The molecule has 146 valence electrons. The van der Waals surface area contributed by atoms with Crippen molar-refractivity contribution < 1.29 is 23.0 Å². The van der Waals surface area contributed by atoms with Crippen LogP contribution in [0.5, 0.6) is 5.88 Å². The summed E-state index contributed by atoms with van der Waals surface area (Å²) in [4.78, 5) is 16.1. The van der Waals surface area contributed by atoms with E-state index < -0.39 is 12.5 Å². The number of benzene rings is 1. The highest BCUT2D eigenvalue weighted by molar-refractivity contribution is 6.08. The molecule has 1 amide bonds. The van der Waals surface area contributed by atoms with Crippen LogP contribution in [-0.4, -0.2) is 24.0 Å². The van der Waals surface area contributed by atoms with Gasteiger partial charge in [0, 0.05) is 29.3 Å². The number of nitrogens with one attached hydrogen (secondary N) is 1. The Kier molecular flexibility index (Phi) is 5.53. The fourth-order valence-corrected chi connectivity index (χ4v) is 2.92. The number of hydrogen-bond acceptors (Lipinski definition) is 5. The van der Waals surface area contributed by atoms with Crippen LogP contribution < -0.4 is 20.5 Å². The molecule has 0 aliphatic carbocycles. The summed E-state index contributed by atoms with van der Waals surface area (Å²) in [5.74, 6) is -0.851. The van der Waals surface area contributed by atoms with E-state index in [0.29, 0.717) is 34.0 Å². The van der Waals surface area contributed by atoms with Crippen molar-refractivity contribution in [3.8, 4) is 17.0 Å². The zero-order chi connectivity index (χ0) is 20.3. The Morgan fingerprint density at radius 3 is 2.75 bits per heavy atom. The lowest BCUT2D eigenvalue weighted by Gasteiger charge is -2.14. The number of carbonyl (C=O) groups is 1. The van der Waals surface area contributed by atoms with Gasteiger partial charge in [0.25, 0.3) is 0 Å². The summed E-state index contributed by atoms with van der Waals surface area (Å²) in [7, 11) is 0. The number of amides is 1. The van der Waals surface area contributed by atoms with Crippen LogP contribution in [-0.2, 0) is 0 Å². The average Bonchev–Trinajstić information content (AvgIpc) is 2.66. The first-order valence-electron chi connectivity index (χ1n) is 8.56. The van der Waals surface area contributed by atoms with Crippen molar-refractivity contribution in [2.45, 2.75) is 20.0 Å². The fourth-order valence-electron chi connectivity index (χ4n) is 2.92. The summed E-state index contributed by atoms with van der Waals surface area (Å²) in [5.41, 5.74) is 6.60. The maximum Gasteiger partial charge on any atom is 0.388 e. The second kappa shape index (κ2) is 8.03. The monoisotopic (exact) mass is 388 g/mol. The summed E-state index contributed by atoms with van der Waals surface area (Å²) in [6.07, 6.45) is 3.22. The zero-order valence-corrected chi connectivity index (χ0v) is 15.0. The van der Waals surface area contributed by atoms with Gasteiger partial charge in [0.1, 0.15) is 5.69 Å². The molecule has 3 N–H and O–H groups in total. The lowest BCUT2D eigenvalue weighted by atomic mass is 9.99. The number of carbonyl (C=O) groups excluding carboxylic acids is 1. The molecule has 0 aliphatic heterocycles. The zero-order valence-electron chi connectivity index (χ0n) is 15.0. The number of fused-ring (bicyclic) bond motifs is 1. The van der Waals surface area contributed by atoms with E-state index in [0.717, 1.165) is 0 Å². The Labute approximate surface area is 159 Å². The van der Waals surface area contributed by atoms with Crippen LogP contribution in [0.1, 0.15) is 23.8 Å². The molecule has 28 heavy (non-hydrogen) atoms. The van der Waals surface area contributed by atoms with Gasteiger partial charge < -0.3 is 21.0 Å². The van der Waals surface area contributed by atoms with Crippen LogP contribution in [0.15, 0.2) is 42.7 Å². The van der Waals surface area contributed by atoms with Gasteiger partial charge in [-0.1, -0.05) is 25.1 Å². The number of ether oxygens (including phenoxy) is 1. The third kappa shape index (κ3) is 3.64. The third-order valence-corrected chi connectivity index (χ3v) is 4.13. The molecule has 0 saturated carbocycles. The van der Waals surface area contributed by atoms with Crippen molar-refractivity contribution >= 4 is 22.4 Å². The van der Waals surface area contributed by atoms with Crippen molar-refractivity contribution in [3.05, 3.63) is 53.6 Å². The van der Waals surface area contributed by atoms with E-state index in [1.165, 1.54) is 12.4 Å². The molecular formula is C19H18F2N4O3. The maximum absolute atomic E-state index is 12.7. The average molecular weight is 388 g/mol. The van der Waals surface area contributed by atoms with E-state index in [1.807, 2.05) is 6.92 Å². The summed E-state index contributed by atoms with van der Waals surface area (Å²) in [5, 5.41) is 16.0. The van der Waals surface area contributed by atoms with Crippen LogP contribution in [0.25, 0.3) is 21.9 Å². The van der Waals surface area contributed by atoms with Gasteiger partial charge in [0.05, 0.1) is 5.39 Å². The van der Waals surface area contributed by atoms with Gasteiger partial charge in [0.15, 0.2) is 6.20 Å². The van der Waals surface area contributed by atoms with Gasteiger partial charge >= 0.3 is 18.2 Å². The first kappa shape index (κ1) is 19.3. The Morgan fingerprint density at radius 1 is 1.29 bits per heavy atom. The lowest BCUT2D eigenvalue weighted by Crippen LogP contribution is -2.40. The topological polar surface area (TPSA) is 104 Å². The van der Waals surface area contributed by atoms with E-state index in [1.54, 1.807) is 30.3 Å². The van der Waals surface area contributed by atoms with Gasteiger partial charge in [-0.3, -0.25) is 4.79 Å². The highest BCUT2D eigenvalue weighted by Crippen LogP contribution is 2.35. The summed E-state index contributed by atoms with van der Waals surface area (Å²) < 4.78 is 30.3. The number of nitrogens with two attached hydrogens (primary N) is 1. The number of aromatic nitrogens is 2. The summed E-state index contributed by atoms with van der Waals surface area (Å²) >= 11 is 0. The molecule has 0 spiro atoms. The van der Waals surface area contributed by atoms with E-state index in [4.69, 9.17) is 5.73 Å². The van der Waals surface area contributed by atoms with Crippen molar-refractivity contribution in [3.63, 3.8) is 0 Å². The van der Waals surface area contributed by atoms with Crippen LogP contribution in [0.2, 0.25) is 0 Å². The molecule has 0 unspecified atom stereocenters. The van der Waals surface area contributed by atoms with E-state index >= 15 is 0 Å². The van der Waals surface area contributed by atoms with Gasteiger partial charge in [-0.05, 0) is 18.6 Å². The second-order valence-corrected chi connectivity index (χ2v) is 5.97. The molecule has 0 radical (unpaired) electrons. The molecule has 3 rings (SSSR count). The van der Waals surface area contributed by atoms with E-state index in [9.17, 15) is 18.8 Å². The van der Waals surface area contributed by atoms with Crippen molar-refractivity contribution in [2.75, 3.05) is 12.3 Å². The van der Waals surface area contributed by atoms with Crippen molar-refractivity contribution in [1.29, 1.82) is 0 Å². The molecule has 0 bridgehead atoms. The summed E-state index contributed by atoms with van der Waals surface area (Å²) in [6.45, 7) is -0.762. The molecule has 9 heteroatoms. The number of rotatable bonds is 6. The molecule has 0 aliphatic rings. The Balaban J connectivity index is 2.19. The second-order valence-electron chi connectivity index (χ2n) is 5.97. The molecule has 0 fully saturated rings. The first-order chi connectivity index (χ1) is 13.4. The van der Waals surface area contributed by atoms with Gasteiger partial charge in [0.2, 0.25) is 5.88 Å². The van der Waals surface area contributed by atoms with Gasteiger partial charge in [-0.15, -0.1) is 0 Å². The minimum absolute atomic E-state index is 0.00294. The van der Waals surface area contributed by atoms with Crippen LogP contribution in [0.4, 0.5) is 14.5 Å². The number of halogens is 2.